The lowest BCUT2D eigenvalue weighted by Crippen LogP contribution is -2.57. The highest BCUT2D eigenvalue weighted by molar-refractivity contribution is 5.67. The van der Waals surface area contributed by atoms with Crippen molar-refractivity contribution in [2.75, 3.05) is 0 Å². The first-order valence-electron chi connectivity index (χ1n) is 14.8. The lowest BCUT2D eigenvalue weighted by atomic mass is 9.46. The quantitative estimate of drug-likeness (QED) is 0.400. The molecule has 0 spiro atoms. The van der Waals surface area contributed by atoms with Crippen molar-refractivity contribution < 1.29 is 19.4 Å². The third-order valence-electron chi connectivity index (χ3n) is 9.45. The van der Waals surface area contributed by atoms with E-state index in [-0.39, 0.29) is 18.0 Å². The molecule has 1 N–H and O–H groups in total. The smallest absolute Gasteiger partial charge is 0.303 e. The number of carbonyl (C=O) groups excluding carboxylic acids is 1. The van der Waals surface area contributed by atoms with Crippen LogP contribution in [0.1, 0.15) is 139 Å². The van der Waals surface area contributed by atoms with Crippen molar-refractivity contribution in [2.24, 2.45) is 35.0 Å². The first-order chi connectivity index (χ1) is 16.4. The molecule has 0 radical (unpaired) electrons. The number of carboxylic acids is 1. The van der Waals surface area contributed by atoms with Gasteiger partial charge in [-0.1, -0.05) is 61.3 Å². The Morgan fingerprint density at radius 1 is 0.853 bits per heavy atom. The summed E-state index contributed by atoms with van der Waals surface area (Å²) in [5.74, 6) is 2.35. The van der Waals surface area contributed by atoms with Gasteiger partial charge in [-0.3, -0.25) is 9.59 Å². The van der Waals surface area contributed by atoms with Crippen molar-refractivity contribution in [3.8, 4) is 0 Å². The van der Waals surface area contributed by atoms with Crippen molar-refractivity contribution in [2.45, 2.75) is 144 Å². The number of carboxylic acid groups (broad SMARTS) is 1. The number of rotatable bonds is 5. The van der Waals surface area contributed by atoms with E-state index in [1.54, 1.807) is 6.92 Å². The van der Waals surface area contributed by atoms with E-state index in [1.165, 1.54) is 44.9 Å². The topological polar surface area (TPSA) is 63.6 Å². The Labute approximate surface area is 211 Å². The summed E-state index contributed by atoms with van der Waals surface area (Å²) in [6.07, 6.45) is 14.5. The zero-order chi connectivity index (χ0) is 25.9. The summed E-state index contributed by atoms with van der Waals surface area (Å²) in [4.78, 5) is 23.1. The number of aliphatic carboxylic acids is 1. The maximum Gasteiger partial charge on any atom is 0.303 e. The van der Waals surface area contributed by atoms with Gasteiger partial charge in [-0.2, -0.15) is 0 Å². The molecule has 0 bridgehead atoms. The van der Waals surface area contributed by atoms with Crippen LogP contribution in [-0.4, -0.2) is 22.6 Å². The second kappa shape index (κ2) is 14.5. The Balaban J connectivity index is 0.000000894. The van der Waals surface area contributed by atoms with Gasteiger partial charge < -0.3 is 9.84 Å². The number of esters is 1. The first-order valence-corrected chi connectivity index (χ1v) is 14.8. The number of carbonyl (C=O) groups is 2. The largest absolute Gasteiger partial charge is 0.481 e. The minimum Gasteiger partial charge on any atom is -0.481 e. The van der Waals surface area contributed by atoms with Crippen LogP contribution in [0.4, 0.5) is 0 Å². The van der Waals surface area contributed by atoms with Crippen LogP contribution in [0.25, 0.3) is 0 Å². The highest BCUT2D eigenvalue weighted by Gasteiger charge is 2.62. The fourth-order valence-electron chi connectivity index (χ4n) is 8.39. The average molecular weight is 481 g/mol. The lowest BCUT2D eigenvalue weighted by Gasteiger charge is -2.60. The van der Waals surface area contributed by atoms with Crippen molar-refractivity contribution >= 4 is 11.9 Å². The summed E-state index contributed by atoms with van der Waals surface area (Å²) in [6.45, 7) is 16.1. The van der Waals surface area contributed by atoms with Crippen molar-refractivity contribution in [1.29, 1.82) is 0 Å². The number of hydrogen-bond acceptors (Lipinski definition) is 3. The van der Waals surface area contributed by atoms with Crippen LogP contribution in [0, 0.1) is 35.0 Å². The molecule has 200 valence electrons. The van der Waals surface area contributed by atoms with E-state index in [1.807, 2.05) is 41.5 Å². The van der Waals surface area contributed by atoms with Crippen molar-refractivity contribution in [3.05, 3.63) is 0 Å². The van der Waals surface area contributed by atoms with Gasteiger partial charge >= 0.3 is 11.9 Å². The molecular weight excluding hydrogens is 424 g/mol. The molecule has 7 atom stereocenters. The molecule has 0 aliphatic heterocycles. The molecule has 4 nitrogen and oxygen atoms in total. The summed E-state index contributed by atoms with van der Waals surface area (Å²) in [5, 5.41) is 9.04. The van der Waals surface area contributed by atoms with Crippen LogP contribution >= 0.6 is 0 Å². The van der Waals surface area contributed by atoms with Crippen LogP contribution in [0.15, 0.2) is 0 Å². The average Bonchev–Trinajstić information content (AvgIpc) is 3.20. The van der Waals surface area contributed by atoms with E-state index in [2.05, 4.69) is 6.92 Å². The van der Waals surface area contributed by atoms with Gasteiger partial charge in [-0.25, -0.2) is 0 Å². The maximum atomic E-state index is 12.1. The van der Waals surface area contributed by atoms with E-state index in [0.29, 0.717) is 29.6 Å². The number of fused-ring (bicyclic) bond motifs is 5. The highest BCUT2D eigenvalue weighted by Crippen LogP contribution is 2.66. The van der Waals surface area contributed by atoms with Crippen LogP contribution in [0.5, 0.6) is 0 Å². The van der Waals surface area contributed by atoms with E-state index in [9.17, 15) is 9.59 Å². The Kier molecular flexibility index (Phi) is 13.2. The summed E-state index contributed by atoms with van der Waals surface area (Å²) in [5.41, 5.74) is 0.175. The molecular formula is C30H56O4. The summed E-state index contributed by atoms with van der Waals surface area (Å²) in [6, 6.07) is 0. The highest BCUT2D eigenvalue weighted by atomic mass is 16.6. The van der Waals surface area contributed by atoms with E-state index in [0.717, 1.165) is 37.5 Å². The minimum absolute atomic E-state index is 0.147. The second-order valence-corrected chi connectivity index (χ2v) is 10.6. The molecule has 0 saturated heterocycles. The molecule has 0 aromatic heterocycles. The third kappa shape index (κ3) is 6.38. The monoisotopic (exact) mass is 480 g/mol. The van der Waals surface area contributed by atoms with Gasteiger partial charge in [-0.15, -0.1) is 0 Å². The van der Waals surface area contributed by atoms with E-state index < -0.39 is 5.97 Å². The molecule has 0 aromatic carbocycles. The number of ether oxygens (including phenoxy) is 1. The van der Waals surface area contributed by atoms with Gasteiger partial charge in [0.05, 0.1) is 0 Å². The van der Waals surface area contributed by atoms with Gasteiger partial charge in [-0.05, 0) is 93.3 Å². The molecule has 4 rings (SSSR count). The SMILES string of the molecule is CC.CC.CC.CC(=O)OC12CCC3C(CCC4CCCCC43C)C1CCC2CCCC(=O)O. The fourth-order valence-corrected chi connectivity index (χ4v) is 8.39. The van der Waals surface area contributed by atoms with E-state index in [4.69, 9.17) is 9.84 Å². The van der Waals surface area contributed by atoms with Crippen molar-refractivity contribution in [1.82, 2.24) is 0 Å². The summed E-state index contributed by atoms with van der Waals surface area (Å²) in [7, 11) is 0. The Bertz CT molecular complexity index is 617. The molecule has 4 aliphatic rings. The summed E-state index contributed by atoms with van der Waals surface area (Å²) >= 11 is 0. The molecule has 0 heterocycles. The van der Waals surface area contributed by atoms with Gasteiger partial charge in [0, 0.05) is 19.3 Å². The Morgan fingerprint density at radius 3 is 2.15 bits per heavy atom. The lowest BCUT2D eigenvalue weighted by molar-refractivity contribution is -0.194. The Hall–Kier alpha value is -1.06. The molecule has 4 heteroatoms. The molecule has 4 aliphatic carbocycles. The standard InChI is InChI=1S/C24H38O4.3C2H6/c1-16(25)28-24-15-13-20-19(11-9-17-6-3-4-14-23(17,20)2)21(24)12-10-18(24)7-5-8-22(26)27;3*1-2/h17-21H,3-15H2,1-2H3,(H,26,27);3*1-2H3. The Morgan fingerprint density at radius 2 is 1.53 bits per heavy atom. The van der Waals surface area contributed by atoms with Gasteiger partial charge in [0.25, 0.3) is 0 Å². The van der Waals surface area contributed by atoms with Crippen LogP contribution in [0.3, 0.4) is 0 Å². The molecule has 34 heavy (non-hydrogen) atoms. The van der Waals surface area contributed by atoms with Crippen LogP contribution in [0.2, 0.25) is 0 Å². The minimum atomic E-state index is -0.719. The van der Waals surface area contributed by atoms with Gasteiger partial charge in [0.1, 0.15) is 5.60 Å². The predicted octanol–water partition coefficient (Wildman–Crippen LogP) is 8.66. The third-order valence-corrected chi connectivity index (χ3v) is 9.45. The zero-order valence-electron chi connectivity index (χ0n) is 23.8. The molecule has 0 amide bonds. The fraction of sp³-hybridized carbons (Fsp3) is 0.933. The van der Waals surface area contributed by atoms with Gasteiger partial charge in [0.2, 0.25) is 0 Å². The molecule has 4 fully saturated rings. The summed E-state index contributed by atoms with van der Waals surface area (Å²) < 4.78 is 6.20. The maximum absolute atomic E-state index is 12.1. The van der Waals surface area contributed by atoms with Crippen LogP contribution < -0.4 is 0 Å². The molecule has 0 aromatic rings. The first kappa shape index (κ1) is 31.0. The zero-order valence-corrected chi connectivity index (χ0v) is 23.8. The second-order valence-electron chi connectivity index (χ2n) is 10.6. The molecule has 7 unspecified atom stereocenters. The number of hydrogen-bond donors (Lipinski definition) is 1. The van der Waals surface area contributed by atoms with E-state index >= 15 is 0 Å². The van der Waals surface area contributed by atoms with Crippen LogP contribution in [-0.2, 0) is 14.3 Å². The van der Waals surface area contributed by atoms with Gasteiger partial charge in [0.15, 0.2) is 0 Å². The predicted molar refractivity (Wildman–Crippen MR) is 142 cm³/mol. The normalized spacial score (nSPS) is 37.5. The van der Waals surface area contributed by atoms with Crippen molar-refractivity contribution in [3.63, 3.8) is 0 Å². The molecule has 4 saturated carbocycles.